The number of carbonyl (C=O) groups is 1. The smallest absolute Gasteiger partial charge is 0.266 e. The van der Waals surface area contributed by atoms with Gasteiger partial charge in [-0.1, -0.05) is 39.8 Å². The van der Waals surface area contributed by atoms with Gasteiger partial charge in [0, 0.05) is 26.7 Å². The number of carbonyl (C=O) groups excluding carboxylic acids is 1. The van der Waals surface area contributed by atoms with Crippen LogP contribution >= 0.6 is 0 Å². The molecule has 7 nitrogen and oxygen atoms in total. The summed E-state index contributed by atoms with van der Waals surface area (Å²) in [6.07, 6.45) is 2.08. The van der Waals surface area contributed by atoms with Crippen molar-refractivity contribution in [3.63, 3.8) is 0 Å². The number of nitrogens with zero attached hydrogens (tertiary/aromatic N) is 3. The summed E-state index contributed by atoms with van der Waals surface area (Å²) in [6, 6.07) is 14.2. The molecule has 1 heterocycles. The first kappa shape index (κ1) is 28.4. The lowest BCUT2D eigenvalue weighted by Gasteiger charge is -2.32. The van der Waals surface area contributed by atoms with E-state index in [2.05, 4.69) is 27.7 Å². The van der Waals surface area contributed by atoms with Crippen molar-refractivity contribution >= 4 is 16.8 Å². The van der Waals surface area contributed by atoms with E-state index in [1.807, 2.05) is 54.3 Å². The Balaban J connectivity index is 2.09. The molecule has 37 heavy (non-hydrogen) atoms. The summed E-state index contributed by atoms with van der Waals surface area (Å²) >= 11 is 0. The Morgan fingerprint density at radius 1 is 1.05 bits per heavy atom. The minimum absolute atomic E-state index is 0.0593. The molecule has 2 atom stereocenters. The fourth-order valence-electron chi connectivity index (χ4n) is 5.00. The summed E-state index contributed by atoms with van der Waals surface area (Å²) in [5.74, 6) is 1.52. The van der Waals surface area contributed by atoms with Gasteiger partial charge >= 0.3 is 0 Å². The fourth-order valence-corrected chi connectivity index (χ4v) is 5.00. The normalized spacial score (nSPS) is 13.4. The van der Waals surface area contributed by atoms with Crippen LogP contribution in [0.1, 0.15) is 65.7 Å². The van der Waals surface area contributed by atoms with Crippen molar-refractivity contribution in [2.24, 2.45) is 11.3 Å². The first-order valence-corrected chi connectivity index (χ1v) is 13.0. The molecule has 0 radical (unpaired) electrons. The second-order valence-corrected chi connectivity index (χ2v) is 11.0. The highest BCUT2D eigenvalue weighted by molar-refractivity contribution is 5.79. The third kappa shape index (κ3) is 7.19. The Kier molecular flexibility index (Phi) is 9.49. The van der Waals surface area contributed by atoms with Gasteiger partial charge in [-0.05, 0) is 67.5 Å². The summed E-state index contributed by atoms with van der Waals surface area (Å²) in [5, 5.41) is 0.533. The maximum Gasteiger partial charge on any atom is 0.266 e. The van der Waals surface area contributed by atoms with E-state index < -0.39 is 6.04 Å². The van der Waals surface area contributed by atoms with Crippen molar-refractivity contribution in [1.29, 1.82) is 0 Å². The van der Waals surface area contributed by atoms with Gasteiger partial charge in [0.1, 0.15) is 11.6 Å². The highest BCUT2D eigenvalue weighted by Gasteiger charge is 2.28. The van der Waals surface area contributed by atoms with Crippen LogP contribution in [0.2, 0.25) is 0 Å². The van der Waals surface area contributed by atoms with Gasteiger partial charge in [-0.15, -0.1) is 0 Å². The van der Waals surface area contributed by atoms with Gasteiger partial charge < -0.3 is 14.4 Å². The van der Waals surface area contributed by atoms with Crippen LogP contribution in [0.25, 0.3) is 16.6 Å². The lowest BCUT2D eigenvalue weighted by molar-refractivity contribution is -0.134. The Hall–Kier alpha value is -3.19. The van der Waals surface area contributed by atoms with E-state index >= 15 is 0 Å². The van der Waals surface area contributed by atoms with Crippen LogP contribution in [-0.4, -0.2) is 47.7 Å². The van der Waals surface area contributed by atoms with Crippen molar-refractivity contribution in [3.8, 4) is 11.4 Å². The van der Waals surface area contributed by atoms with E-state index in [1.54, 1.807) is 24.9 Å². The van der Waals surface area contributed by atoms with Crippen molar-refractivity contribution in [2.45, 2.75) is 59.9 Å². The molecule has 0 bridgehead atoms. The maximum atomic E-state index is 13.8. The van der Waals surface area contributed by atoms with Crippen LogP contribution in [0.15, 0.2) is 53.3 Å². The van der Waals surface area contributed by atoms with Gasteiger partial charge in [-0.2, -0.15) is 0 Å². The Bertz CT molecular complexity index is 1240. The van der Waals surface area contributed by atoms with Crippen molar-refractivity contribution in [2.75, 3.05) is 27.4 Å². The zero-order valence-electron chi connectivity index (χ0n) is 23.3. The molecule has 3 aromatic rings. The molecule has 0 N–H and O–H groups in total. The summed E-state index contributed by atoms with van der Waals surface area (Å²) < 4.78 is 12.2. The molecule has 3 rings (SSSR count). The molecule has 0 aliphatic carbocycles. The lowest BCUT2D eigenvalue weighted by Crippen LogP contribution is -2.39. The molecule has 2 aromatic carbocycles. The SMILES string of the molecule is COCCCN(C(=O)CC(C)CC(C)(C)C)C(C)c1nc2ccccc2c(=O)n1-c1ccc(OC)cc1. The van der Waals surface area contributed by atoms with Crippen LogP contribution < -0.4 is 10.3 Å². The standard InChI is InChI=1S/C30H41N3O4/c1-21(20-30(3,4)5)19-27(34)32(17-10-18-36-6)22(2)28-31-26-12-9-8-11-25(26)29(35)33(28)23-13-15-24(37-7)16-14-23/h8-9,11-16,21-22H,10,17-20H2,1-7H3. The second kappa shape index (κ2) is 12.4. The third-order valence-corrected chi connectivity index (χ3v) is 6.53. The minimum atomic E-state index is -0.425. The summed E-state index contributed by atoms with van der Waals surface area (Å²) in [7, 11) is 3.27. The van der Waals surface area contributed by atoms with Crippen LogP contribution in [0.3, 0.4) is 0 Å². The number of amides is 1. The van der Waals surface area contributed by atoms with Crippen LogP contribution in [-0.2, 0) is 9.53 Å². The van der Waals surface area contributed by atoms with E-state index in [1.165, 1.54) is 0 Å². The van der Waals surface area contributed by atoms with Crippen molar-refractivity contribution in [3.05, 3.63) is 64.7 Å². The zero-order chi connectivity index (χ0) is 27.2. The monoisotopic (exact) mass is 507 g/mol. The number of hydrogen-bond acceptors (Lipinski definition) is 5. The predicted octanol–water partition coefficient (Wildman–Crippen LogP) is 5.78. The van der Waals surface area contributed by atoms with Crippen molar-refractivity contribution < 1.29 is 14.3 Å². The molecule has 0 aliphatic heterocycles. The molecule has 0 fully saturated rings. The second-order valence-electron chi connectivity index (χ2n) is 11.0. The number of benzene rings is 2. The van der Waals surface area contributed by atoms with Crippen LogP contribution in [0.5, 0.6) is 5.75 Å². The average Bonchev–Trinajstić information content (AvgIpc) is 2.85. The quantitative estimate of drug-likeness (QED) is 0.308. The molecular formula is C30H41N3O4. The Labute approximate surface area is 220 Å². The first-order valence-electron chi connectivity index (χ1n) is 13.0. The summed E-state index contributed by atoms with van der Waals surface area (Å²) in [4.78, 5) is 34.2. The number of para-hydroxylation sites is 1. The highest BCUT2D eigenvalue weighted by atomic mass is 16.5. The fraction of sp³-hybridized carbons (Fsp3) is 0.500. The predicted molar refractivity (Wildman–Crippen MR) is 148 cm³/mol. The highest BCUT2D eigenvalue weighted by Crippen LogP contribution is 2.29. The number of aromatic nitrogens is 2. The number of rotatable bonds is 11. The molecule has 2 unspecified atom stereocenters. The van der Waals surface area contributed by atoms with E-state index in [4.69, 9.17) is 14.5 Å². The van der Waals surface area contributed by atoms with Gasteiger partial charge in [0.05, 0.1) is 29.7 Å². The molecular weight excluding hydrogens is 466 g/mol. The third-order valence-electron chi connectivity index (χ3n) is 6.53. The van der Waals surface area contributed by atoms with Crippen LogP contribution in [0.4, 0.5) is 0 Å². The molecule has 1 aromatic heterocycles. The molecule has 1 amide bonds. The van der Waals surface area contributed by atoms with E-state index in [-0.39, 0.29) is 22.8 Å². The first-order chi connectivity index (χ1) is 17.6. The molecule has 0 saturated carbocycles. The number of methoxy groups -OCH3 is 2. The Morgan fingerprint density at radius 3 is 2.35 bits per heavy atom. The number of ether oxygens (including phenoxy) is 2. The minimum Gasteiger partial charge on any atom is -0.497 e. The van der Waals surface area contributed by atoms with Gasteiger partial charge in [0.15, 0.2) is 0 Å². The van der Waals surface area contributed by atoms with E-state index in [9.17, 15) is 9.59 Å². The van der Waals surface area contributed by atoms with Crippen molar-refractivity contribution in [1.82, 2.24) is 14.5 Å². The lowest BCUT2D eigenvalue weighted by atomic mass is 9.84. The van der Waals surface area contributed by atoms with Gasteiger partial charge in [-0.25, -0.2) is 4.98 Å². The summed E-state index contributed by atoms with van der Waals surface area (Å²) in [5.41, 5.74) is 1.27. The number of fused-ring (bicyclic) bond motifs is 1. The molecule has 200 valence electrons. The number of hydrogen-bond donors (Lipinski definition) is 0. The Morgan fingerprint density at radius 2 is 1.73 bits per heavy atom. The molecule has 0 spiro atoms. The maximum absolute atomic E-state index is 13.8. The molecule has 0 aliphatic rings. The zero-order valence-corrected chi connectivity index (χ0v) is 23.3. The van der Waals surface area contributed by atoms with E-state index in [0.717, 1.165) is 6.42 Å². The van der Waals surface area contributed by atoms with Gasteiger partial charge in [0.2, 0.25) is 5.91 Å². The van der Waals surface area contributed by atoms with Gasteiger partial charge in [0.25, 0.3) is 5.56 Å². The van der Waals surface area contributed by atoms with Crippen LogP contribution in [0, 0.1) is 11.3 Å². The molecule has 0 saturated heterocycles. The summed E-state index contributed by atoms with van der Waals surface area (Å²) in [6.45, 7) is 11.7. The topological polar surface area (TPSA) is 73.7 Å². The largest absolute Gasteiger partial charge is 0.497 e. The average molecular weight is 508 g/mol. The molecule has 7 heteroatoms. The van der Waals surface area contributed by atoms with E-state index in [0.29, 0.717) is 54.2 Å². The van der Waals surface area contributed by atoms with Gasteiger partial charge in [-0.3, -0.25) is 14.2 Å².